The van der Waals surface area contributed by atoms with Gasteiger partial charge >= 0.3 is 0 Å². The van der Waals surface area contributed by atoms with Crippen LogP contribution < -0.4 is 5.32 Å². The molecule has 1 N–H and O–H groups in total. The van der Waals surface area contributed by atoms with Crippen molar-refractivity contribution in [3.63, 3.8) is 0 Å². The second-order valence-corrected chi connectivity index (χ2v) is 6.50. The van der Waals surface area contributed by atoms with Crippen LogP contribution in [0.3, 0.4) is 0 Å². The smallest absolute Gasteiger partial charge is 0.0183 e. The maximum atomic E-state index is 3.42. The van der Waals surface area contributed by atoms with Crippen LogP contribution in [0.5, 0.6) is 0 Å². The standard InChI is InChI=1S/C10H21NS/c1-10(2,3)12-7-9(11-4)8-5-6-8/h8-9,11H,5-7H2,1-4H3. The fraction of sp³-hybridized carbons (Fsp3) is 1.00. The van der Waals surface area contributed by atoms with Crippen molar-refractivity contribution in [2.24, 2.45) is 5.92 Å². The van der Waals surface area contributed by atoms with Crippen LogP contribution in [-0.4, -0.2) is 23.6 Å². The second kappa shape index (κ2) is 4.01. The van der Waals surface area contributed by atoms with E-state index in [9.17, 15) is 0 Å². The van der Waals surface area contributed by atoms with Gasteiger partial charge in [0.2, 0.25) is 0 Å². The molecule has 0 aliphatic heterocycles. The van der Waals surface area contributed by atoms with Crippen LogP contribution in [0.25, 0.3) is 0 Å². The van der Waals surface area contributed by atoms with Gasteiger partial charge in [0.05, 0.1) is 0 Å². The molecule has 72 valence electrons. The molecule has 0 aromatic carbocycles. The van der Waals surface area contributed by atoms with E-state index in [-0.39, 0.29) is 0 Å². The van der Waals surface area contributed by atoms with E-state index in [2.05, 4.69) is 44.9 Å². The van der Waals surface area contributed by atoms with Crippen molar-refractivity contribution in [3.8, 4) is 0 Å². The zero-order valence-corrected chi connectivity index (χ0v) is 9.50. The molecule has 0 heterocycles. The van der Waals surface area contributed by atoms with Gasteiger partial charge in [-0.1, -0.05) is 20.8 Å². The summed E-state index contributed by atoms with van der Waals surface area (Å²) >= 11 is 2.07. The molecule has 12 heavy (non-hydrogen) atoms. The van der Waals surface area contributed by atoms with Crippen LogP contribution in [-0.2, 0) is 0 Å². The zero-order chi connectivity index (χ0) is 9.19. The van der Waals surface area contributed by atoms with Crippen molar-refractivity contribution in [2.45, 2.75) is 44.4 Å². The summed E-state index contributed by atoms with van der Waals surface area (Å²) in [5, 5.41) is 3.42. The maximum absolute atomic E-state index is 3.42. The predicted octanol–water partition coefficient (Wildman–Crippen LogP) is 2.52. The quantitative estimate of drug-likeness (QED) is 0.726. The third-order valence-corrected chi connectivity index (χ3v) is 3.65. The molecule has 1 saturated carbocycles. The molecule has 1 aliphatic carbocycles. The molecule has 1 atom stereocenters. The van der Waals surface area contributed by atoms with E-state index >= 15 is 0 Å². The normalized spacial score (nSPS) is 21.0. The van der Waals surface area contributed by atoms with Crippen LogP contribution >= 0.6 is 11.8 Å². The van der Waals surface area contributed by atoms with Gasteiger partial charge in [0, 0.05) is 16.5 Å². The highest BCUT2D eigenvalue weighted by Gasteiger charge is 2.30. The SMILES string of the molecule is CNC(CSC(C)(C)C)C1CC1. The van der Waals surface area contributed by atoms with Crippen molar-refractivity contribution in [2.75, 3.05) is 12.8 Å². The van der Waals surface area contributed by atoms with E-state index in [1.165, 1.54) is 18.6 Å². The van der Waals surface area contributed by atoms with Gasteiger partial charge in [0.1, 0.15) is 0 Å². The fourth-order valence-corrected chi connectivity index (χ4v) is 2.41. The van der Waals surface area contributed by atoms with Gasteiger partial charge in [0.15, 0.2) is 0 Å². The Morgan fingerprint density at radius 1 is 1.42 bits per heavy atom. The van der Waals surface area contributed by atoms with Crippen molar-refractivity contribution < 1.29 is 0 Å². The Morgan fingerprint density at radius 3 is 2.33 bits per heavy atom. The summed E-state index contributed by atoms with van der Waals surface area (Å²) < 4.78 is 0.421. The lowest BCUT2D eigenvalue weighted by molar-refractivity contribution is 0.551. The van der Waals surface area contributed by atoms with Gasteiger partial charge in [-0.15, -0.1) is 0 Å². The van der Waals surface area contributed by atoms with Gasteiger partial charge in [-0.2, -0.15) is 11.8 Å². The van der Waals surface area contributed by atoms with Crippen molar-refractivity contribution in [1.82, 2.24) is 5.32 Å². The highest BCUT2D eigenvalue weighted by molar-refractivity contribution is 8.00. The summed E-state index contributed by atoms with van der Waals surface area (Å²) in [6.45, 7) is 6.87. The molecule has 1 fully saturated rings. The summed E-state index contributed by atoms with van der Waals surface area (Å²) in [6, 6.07) is 0.759. The van der Waals surface area contributed by atoms with Gasteiger partial charge in [-0.05, 0) is 25.8 Å². The highest BCUT2D eigenvalue weighted by atomic mass is 32.2. The largest absolute Gasteiger partial charge is 0.316 e. The summed E-state index contributed by atoms with van der Waals surface area (Å²) in [5.41, 5.74) is 0. The average Bonchev–Trinajstić information content (AvgIpc) is 2.70. The highest BCUT2D eigenvalue weighted by Crippen LogP contribution is 2.35. The molecule has 0 bridgehead atoms. The predicted molar refractivity (Wildman–Crippen MR) is 57.8 cm³/mol. The van der Waals surface area contributed by atoms with E-state index in [0.29, 0.717) is 4.75 Å². The van der Waals surface area contributed by atoms with Crippen molar-refractivity contribution in [3.05, 3.63) is 0 Å². The Morgan fingerprint density at radius 2 is 2.00 bits per heavy atom. The molecular formula is C10H21NS. The number of hydrogen-bond donors (Lipinski definition) is 1. The van der Waals surface area contributed by atoms with Crippen LogP contribution in [0.15, 0.2) is 0 Å². The molecule has 1 aliphatic rings. The summed E-state index contributed by atoms with van der Waals surface area (Å²) in [6.07, 6.45) is 2.88. The Labute approximate surface area is 80.7 Å². The van der Waals surface area contributed by atoms with Gasteiger partial charge in [-0.25, -0.2) is 0 Å². The van der Waals surface area contributed by atoms with E-state index in [0.717, 1.165) is 12.0 Å². The van der Waals surface area contributed by atoms with E-state index in [1.807, 2.05) is 0 Å². The Bertz CT molecular complexity index is 135. The maximum Gasteiger partial charge on any atom is 0.0183 e. The summed E-state index contributed by atoms with van der Waals surface area (Å²) in [7, 11) is 2.09. The first kappa shape index (κ1) is 10.4. The molecule has 0 aromatic heterocycles. The molecule has 0 aromatic rings. The minimum Gasteiger partial charge on any atom is -0.316 e. The van der Waals surface area contributed by atoms with Gasteiger partial charge in [-0.3, -0.25) is 0 Å². The topological polar surface area (TPSA) is 12.0 Å². The third-order valence-electron chi connectivity index (χ3n) is 2.26. The first-order chi connectivity index (χ1) is 5.53. The zero-order valence-electron chi connectivity index (χ0n) is 8.68. The number of nitrogens with one attached hydrogen (secondary N) is 1. The Hall–Kier alpha value is 0.310. The lowest BCUT2D eigenvalue weighted by Crippen LogP contribution is -2.31. The van der Waals surface area contributed by atoms with E-state index in [1.54, 1.807) is 0 Å². The minimum atomic E-state index is 0.421. The average molecular weight is 187 g/mol. The Balaban J connectivity index is 2.19. The molecule has 0 saturated heterocycles. The fourth-order valence-electron chi connectivity index (χ4n) is 1.29. The van der Waals surface area contributed by atoms with Crippen LogP contribution in [0.2, 0.25) is 0 Å². The lowest BCUT2D eigenvalue weighted by atomic mass is 10.2. The monoisotopic (exact) mass is 187 g/mol. The second-order valence-electron chi connectivity index (χ2n) is 4.66. The third kappa shape index (κ3) is 3.81. The lowest BCUT2D eigenvalue weighted by Gasteiger charge is -2.22. The molecule has 2 heteroatoms. The van der Waals surface area contributed by atoms with E-state index < -0.39 is 0 Å². The van der Waals surface area contributed by atoms with Gasteiger partial charge in [0.25, 0.3) is 0 Å². The molecular weight excluding hydrogens is 166 g/mol. The van der Waals surface area contributed by atoms with Gasteiger partial charge < -0.3 is 5.32 Å². The van der Waals surface area contributed by atoms with E-state index in [4.69, 9.17) is 0 Å². The number of rotatable bonds is 4. The Kier molecular flexibility index (Phi) is 3.47. The van der Waals surface area contributed by atoms with Crippen LogP contribution in [0.1, 0.15) is 33.6 Å². The molecule has 0 amide bonds. The van der Waals surface area contributed by atoms with Crippen LogP contribution in [0.4, 0.5) is 0 Å². The number of thioether (sulfide) groups is 1. The summed E-state index contributed by atoms with van der Waals surface area (Å²) in [4.78, 5) is 0. The molecule has 0 spiro atoms. The molecule has 1 rings (SSSR count). The van der Waals surface area contributed by atoms with Crippen molar-refractivity contribution in [1.29, 1.82) is 0 Å². The van der Waals surface area contributed by atoms with Crippen molar-refractivity contribution >= 4 is 11.8 Å². The molecule has 1 unspecified atom stereocenters. The first-order valence-corrected chi connectivity index (χ1v) is 5.83. The molecule has 1 nitrogen and oxygen atoms in total. The molecule has 0 radical (unpaired) electrons. The first-order valence-electron chi connectivity index (χ1n) is 4.84. The summed E-state index contributed by atoms with van der Waals surface area (Å²) in [5.74, 6) is 2.25. The number of hydrogen-bond acceptors (Lipinski definition) is 2. The minimum absolute atomic E-state index is 0.421. The van der Waals surface area contributed by atoms with Crippen LogP contribution in [0, 0.1) is 5.92 Å².